The minimum atomic E-state index is -3.63. The van der Waals surface area contributed by atoms with Gasteiger partial charge in [-0.3, -0.25) is 0 Å². The summed E-state index contributed by atoms with van der Waals surface area (Å²) in [5, 5.41) is -0.0990. The van der Waals surface area contributed by atoms with E-state index < -0.39 is 18.3 Å². The Hall–Kier alpha value is -0.763. The van der Waals surface area contributed by atoms with Gasteiger partial charge in [0.05, 0.1) is 4.90 Å². The van der Waals surface area contributed by atoms with E-state index in [0.29, 0.717) is 5.56 Å². The molecule has 0 bridgehead atoms. The van der Waals surface area contributed by atoms with E-state index in [-0.39, 0.29) is 14.9 Å². The van der Waals surface area contributed by atoms with Gasteiger partial charge < -0.3 is 5.73 Å². The second-order valence-corrected chi connectivity index (χ2v) is 13.8. The normalized spacial score (nSPS) is 13.2. The fraction of sp³-hybridized carbons (Fsp3) is 0.462. The first-order valence-electron chi connectivity index (χ1n) is 6.31. The Kier molecular flexibility index (Phi) is 4.80. The molecule has 0 aromatic heterocycles. The zero-order valence-electron chi connectivity index (χ0n) is 12.5. The number of benzene rings is 1. The van der Waals surface area contributed by atoms with Crippen molar-refractivity contribution in [2.24, 2.45) is 5.73 Å². The number of rotatable bonds is 4. The molecule has 0 radical (unpaired) electrons. The Morgan fingerprint density at radius 3 is 2.20 bits per heavy atom. The van der Waals surface area contributed by atoms with Gasteiger partial charge in [0.15, 0.2) is 0 Å². The highest BCUT2D eigenvalue weighted by molar-refractivity contribution is 7.91. The molecular formula is C13H22N2O2S2Si. The van der Waals surface area contributed by atoms with Crippen molar-refractivity contribution in [2.45, 2.75) is 43.8 Å². The van der Waals surface area contributed by atoms with Crippen molar-refractivity contribution < 1.29 is 8.42 Å². The molecule has 0 amide bonds. The lowest BCUT2D eigenvalue weighted by atomic mass is 10.2. The third kappa shape index (κ3) is 3.66. The van der Waals surface area contributed by atoms with Crippen LogP contribution >= 0.6 is 12.2 Å². The third-order valence-corrected chi connectivity index (χ3v) is 11.7. The predicted molar refractivity (Wildman–Crippen MR) is 89.8 cm³/mol. The standard InChI is InChI=1S/C13H22N2O2S2Si/c1-13(2,3)20(4,5)15-19(16,17)11-9-7-6-8-10(11)12(14)18/h6-9,15H,1-5H3,(H2,14,18). The fourth-order valence-electron chi connectivity index (χ4n) is 1.45. The molecule has 0 saturated heterocycles. The number of sulfonamides is 1. The average Bonchev–Trinajstić information content (AvgIpc) is 2.26. The topological polar surface area (TPSA) is 72.2 Å². The lowest BCUT2D eigenvalue weighted by Crippen LogP contribution is -2.54. The lowest BCUT2D eigenvalue weighted by molar-refractivity contribution is 0.589. The van der Waals surface area contributed by atoms with E-state index in [1.54, 1.807) is 18.2 Å². The zero-order valence-corrected chi connectivity index (χ0v) is 15.2. The van der Waals surface area contributed by atoms with Crippen LogP contribution in [0.25, 0.3) is 0 Å². The van der Waals surface area contributed by atoms with Crippen molar-refractivity contribution >= 4 is 35.5 Å². The summed E-state index contributed by atoms with van der Waals surface area (Å²) in [6.45, 7) is 10.1. The molecule has 7 heteroatoms. The van der Waals surface area contributed by atoms with Crippen LogP contribution in [0.3, 0.4) is 0 Å². The van der Waals surface area contributed by atoms with Crippen LogP contribution < -0.4 is 10.1 Å². The van der Waals surface area contributed by atoms with E-state index >= 15 is 0 Å². The third-order valence-electron chi connectivity index (χ3n) is 3.71. The van der Waals surface area contributed by atoms with E-state index in [2.05, 4.69) is 4.39 Å². The Labute approximate surface area is 127 Å². The van der Waals surface area contributed by atoms with Gasteiger partial charge in [-0.25, -0.2) is 12.8 Å². The molecule has 20 heavy (non-hydrogen) atoms. The van der Waals surface area contributed by atoms with Crippen molar-refractivity contribution in [3.8, 4) is 0 Å². The number of nitrogens with two attached hydrogens (primary N) is 1. The molecule has 112 valence electrons. The molecule has 0 aliphatic heterocycles. The first-order chi connectivity index (χ1) is 8.88. The van der Waals surface area contributed by atoms with Crippen molar-refractivity contribution in [1.29, 1.82) is 0 Å². The van der Waals surface area contributed by atoms with Crippen molar-refractivity contribution in [3.63, 3.8) is 0 Å². The Balaban J connectivity index is 3.30. The van der Waals surface area contributed by atoms with Gasteiger partial charge in [-0.05, 0) is 11.1 Å². The molecule has 0 heterocycles. The highest BCUT2D eigenvalue weighted by Gasteiger charge is 2.39. The molecule has 1 aromatic rings. The van der Waals surface area contributed by atoms with Gasteiger partial charge in [-0.15, -0.1) is 0 Å². The van der Waals surface area contributed by atoms with Crippen molar-refractivity contribution in [3.05, 3.63) is 29.8 Å². The molecule has 0 atom stereocenters. The second-order valence-electron chi connectivity index (χ2n) is 6.34. The van der Waals surface area contributed by atoms with E-state index in [4.69, 9.17) is 18.0 Å². The molecule has 0 fully saturated rings. The summed E-state index contributed by atoms with van der Waals surface area (Å²) in [5.41, 5.74) is 5.99. The van der Waals surface area contributed by atoms with Crippen LogP contribution in [-0.4, -0.2) is 21.6 Å². The first-order valence-corrected chi connectivity index (χ1v) is 11.2. The van der Waals surface area contributed by atoms with Crippen molar-refractivity contribution in [2.75, 3.05) is 0 Å². The molecular weight excluding hydrogens is 308 g/mol. The summed E-state index contributed by atoms with van der Waals surface area (Å²) in [6, 6.07) is 6.55. The monoisotopic (exact) mass is 330 g/mol. The predicted octanol–water partition coefficient (Wildman–Crippen LogP) is 2.60. The van der Waals surface area contributed by atoms with Crippen LogP contribution in [-0.2, 0) is 10.0 Å². The summed E-state index contributed by atoms with van der Waals surface area (Å²) in [5.74, 6) is 0. The Bertz CT molecular complexity index is 620. The molecule has 0 saturated carbocycles. The van der Waals surface area contributed by atoms with E-state index in [9.17, 15) is 8.42 Å². The van der Waals surface area contributed by atoms with Gasteiger partial charge in [0, 0.05) is 5.56 Å². The first kappa shape index (κ1) is 17.3. The molecule has 0 aliphatic rings. The highest BCUT2D eigenvalue weighted by atomic mass is 32.2. The molecule has 3 N–H and O–H groups in total. The summed E-state index contributed by atoms with van der Waals surface area (Å²) < 4.78 is 28.1. The summed E-state index contributed by atoms with van der Waals surface area (Å²) in [6.07, 6.45) is 0. The summed E-state index contributed by atoms with van der Waals surface area (Å²) in [4.78, 5) is 0.235. The van der Waals surface area contributed by atoms with E-state index in [1.165, 1.54) is 6.07 Å². The van der Waals surface area contributed by atoms with Gasteiger partial charge >= 0.3 is 0 Å². The van der Waals surface area contributed by atoms with Crippen LogP contribution in [0.1, 0.15) is 26.3 Å². The van der Waals surface area contributed by atoms with Gasteiger partial charge in [0.2, 0.25) is 10.0 Å². The van der Waals surface area contributed by atoms with E-state index in [0.717, 1.165) is 0 Å². The molecule has 0 spiro atoms. The van der Waals surface area contributed by atoms with Crippen LogP contribution in [0.2, 0.25) is 18.1 Å². The molecule has 1 aromatic carbocycles. The number of thiocarbonyl (C=S) groups is 1. The molecule has 0 aliphatic carbocycles. The largest absolute Gasteiger partial charge is 0.389 e. The Morgan fingerprint density at radius 2 is 1.75 bits per heavy atom. The summed E-state index contributed by atoms with van der Waals surface area (Å²) in [7, 11) is -5.84. The minimum Gasteiger partial charge on any atom is -0.389 e. The van der Waals surface area contributed by atoms with Gasteiger partial charge in [-0.1, -0.05) is 64.3 Å². The van der Waals surface area contributed by atoms with Crippen LogP contribution in [0, 0.1) is 0 Å². The van der Waals surface area contributed by atoms with Gasteiger partial charge in [-0.2, -0.15) is 0 Å². The van der Waals surface area contributed by atoms with Gasteiger partial charge in [0.25, 0.3) is 0 Å². The smallest absolute Gasteiger partial charge is 0.235 e. The number of hydrogen-bond donors (Lipinski definition) is 2. The average molecular weight is 331 g/mol. The minimum absolute atomic E-state index is 0.0845. The highest BCUT2D eigenvalue weighted by Crippen LogP contribution is 2.35. The van der Waals surface area contributed by atoms with Crippen LogP contribution in [0.5, 0.6) is 0 Å². The number of nitrogens with one attached hydrogen (secondary N) is 1. The maximum Gasteiger partial charge on any atom is 0.235 e. The molecule has 1 rings (SSSR count). The Morgan fingerprint density at radius 1 is 1.25 bits per heavy atom. The van der Waals surface area contributed by atoms with Crippen LogP contribution in [0.15, 0.2) is 29.2 Å². The maximum absolute atomic E-state index is 12.6. The molecule has 4 nitrogen and oxygen atoms in total. The molecule has 0 unspecified atom stereocenters. The van der Waals surface area contributed by atoms with E-state index in [1.807, 2.05) is 33.9 Å². The maximum atomic E-state index is 12.6. The van der Waals surface area contributed by atoms with Gasteiger partial charge in [0.1, 0.15) is 13.2 Å². The van der Waals surface area contributed by atoms with Crippen molar-refractivity contribution in [1.82, 2.24) is 4.39 Å². The summed E-state index contributed by atoms with van der Waals surface area (Å²) >= 11 is 4.93. The van der Waals surface area contributed by atoms with Crippen LogP contribution in [0.4, 0.5) is 0 Å². The fourth-order valence-corrected chi connectivity index (χ4v) is 6.77. The number of hydrogen-bond acceptors (Lipinski definition) is 3. The lowest BCUT2D eigenvalue weighted by Gasteiger charge is -2.36. The second kappa shape index (κ2) is 5.55. The quantitative estimate of drug-likeness (QED) is 0.657. The SMILES string of the molecule is CC(C)(C)[Si](C)(C)NS(=O)(=O)c1ccccc1C(N)=S. The zero-order chi connectivity index (χ0) is 15.8.